The van der Waals surface area contributed by atoms with Crippen LogP contribution in [0, 0.1) is 22.0 Å². The third kappa shape index (κ3) is 2.29. The molecule has 1 aromatic rings. The zero-order valence-electron chi connectivity index (χ0n) is 6.82. The summed E-state index contributed by atoms with van der Waals surface area (Å²) in [7, 11) is 0. The Morgan fingerprint density at radius 2 is 2.54 bits per heavy atom. The van der Waals surface area contributed by atoms with Crippen LogP contribution in [0.25, 0.3) is 0 Å². The first-order valence-corrected chi connectivity index (χ1v) is 4.21. The van der Waals surface area contributed by atoms with E-state index in [1.165, 1.54) is 10.9 Å². The molecule has 0 aromatic carbocycles. The molecule has 0 bridgehead atoms. The number of halogens is 1. The highest BCUT2D eigenvalue weighted by atomic mass is 79.9. The number of hydrogen-bond donors (Lipinski definition) is 0. The summed E-state index contributed by atoms with van der Waals surface area (Å²) in [5.41, 5.74) is 0. The molecule has 0 radical (unpaired) electrons. The lowest BCUT2D eigenvalue weighted by Gasteiger charge is -1.85. The largest absolute Gasteiger partial charge is 0.404 e. The van der Waals surface area contributed by atoms with Crippen molar-refractivity contribution in [2.24, 2.45) is 0 Å². The van der Waals surface area contributed by atoms with Gasteiger partial charge < -0.3 is 10.1 Å². The molecule has 0 aliphatic rings. The minimum absolute atomic E-state index is 0.182. The first kappa shape index (κ1) is 9.74. The van der Waals surface area contributed by atoms with Crippen molar-refractivity contribution in [3.8, 4) is 11.8 Å². The normalized spacial score (nSPS) is 9.08. The van der Waals surface area contributed by atoms with E-state index in [-0.39, 0.29) is 5.82 Å². The number of nitro groups is 1. The number of nitrogens with zero attached hydrogens (tertiary/aromatic N) is 3. The van der Waals surface area contributed by atoms with Crippen LogP contribution in [0.1, 0.15) is 6.92 Å². The molecule has 0 aliphatic carbocycles. The topological polar surface area (TPSA) is 61.0 Å². The van der Waals surface area contributed by atoms with Gasteiger partial charge in [-0.05, 0) is 27.8 Å². The van der Waals surface area contributed by atoms with Crippen LogP contribution in [0.15, 0.2) is 10.7 Å². The van der Waals surface area contributed by atoms with Gasteiger partial charge in [0.15, 0.2) is 0 Å². The van der Waals surface area contributed by atoms with Crippen LogP contribution < -0.4 is 0 Å². The van der Waals surface area contributed by atoms with Gasteiger partial charge in [-0.15, -0.1) is 5.92 Å². The molecule has 1 heterocycles. The van der Waals surface area contributed by atoms with Gasteiger partial charge in [0, 0.05) is 0 Å². The SMILES string of the molecule is CC#CCn1cc(Br)c([N+](=O)[O-])n1. The van der Waals surface area contributed by atoms with Crippen molar-refractivity contribution in [2.75, 3.05) is 0 Å². The second kappa shape index (κ2) is 4.05. The fourth-order valence-electron chi connectivity index (χ4n) is 0.752. The Hall–Kier alpha value is -1.35. The molecule has 68 valence electrons. The van der Waals surface area contributed by atoms with Crippen molar-refractivity contribution in [3.05, 3.63) is 20.8 Å². The maximum absolute atomic E-state index is 10.4. The van der Waals surface area contributed by atoms with E-state index in [9.17, 15) is 10.1 Å². The molecular formula is C7H6BrN3O2. The van der Waals surface area contributed by atoms with Crippen LogP contribution >= 0.6 is 15.9 Å². The summed E-state index contributed by atoms with van der Waals surface area (Å²) in [6, 6.07) is 0. The molecule has 0 saturated heterocycles. The molecule has 1 aromatic heterocycles. The number of rotatable bonds is 2. The van der Waals surface area contributed by atoms with Crippen molar-refractivity contribution in [1.29, 1.82) is 0 Å². The fraction of sp³-hybridized carbons (Fsp3) is 0.286. The highest BCUT2D eigenvalue weighted by Crippen LogP contribution is 2.21. The standard InChI is InChI=1S/C7H6BrN3O2/c1-2-3-4-10-5-6(8)7(9-10)11(12)13/h5H,4H2,1H3. The summed E-state index contributed by atoms with van der Waals surface area (Å²) < 4.78 is 1.79. The number of hydrogen-bond acceptors (Lipinski definition) is 3. The van der Waals surface area contributed by atoms with Crippen molar-refractivity contribution in [2.45, 2.75) is 13.5 Å². The average Bonchev–Trinajstić information content (AvgIpc) is 2.43. The van der Waals surface area contributed by atoms with Crippen LogP contribution in [0.4, 0.5) is 5.82 Å². The van der Waals surface area contributed by atoms with Gasteiger partial charge in [-0.3, -0.25) is 0 Å². The van der Waals surface area contributed by atoms with E-state index >= 15 is 0 Å². The molecule has 13 heavy (non-hydrogen) atoms. The van der Waals surface area contributed by atoms with E-state index in [4.69, 9.17) is 0 Å². The van der Waals surface area contributed by atoms with Crippen LogP contribution in [0.2, 0.25) is 0 Å². The van der Waals surface area contributed by atoms with Gasteiger partial charge in [-0.25, -0.2) is 0 Å². The molecule has 0 fully saturated rings. The third-order valence-electron chi connectivity index (χ3n) is 1.29. The zero-order chi connectivity index (χ0) is 9.84. The van der Waals surface area contributed by atoms with Gasteiger partial charge in [-0.2, -0.15) is 4.68 Å². The van der Waals surface area contributed by atoms with Crippen LogP contribution in [-0.2, 0) is 6.54 Å². The Labute approximate surface area is 83.0 Å². The van der Waals surface area contributed by atoms with E-state index in [0.717, 1.165) is 0 Å². The molecule has 1 rings (SSSR count). The Bertz CT molecular complexity index is 388. The zero-order valence-corrected chi connectivity index (χ0v) is 8.41. The van der Waals surface area contributed by atoms with Crippen molar-refractivity contribution in [1.82, 2.24) is 9.78 Å². The second-order valence-electron chi connectivity index (χ2n) is 2.18. The smallest absolute Gasteiger partial charge is 0.358 e. The molecular weight excluding hydrogens is 238 g/mol. The molecule has 0 saturated carbocycles. The van der Waals surface area contributed by atoms with Crippen LogP contribution in [0.5, 0.6) is 0 Å². The highest BCUT2D eigenvalue weighted by Gasteiger charge is 2.17. The summed E-state index contributed by atoms with van der Waals surface area (Å²) in [5.74, 6) is 5.25. The van der Waals surface area contributed by atoms with Gasteiger partial charge >= 0.3 is 5.82 Å². The Morgan fingerprint density at radius 1 is 1.85 bits per heavy atom. The molecule has 0 atom stereocenters. The lowest BCUT2D eigenvalue weighted by atomic mass is 10.6. The lowest BCUT2D eigenvalue weighted by Crippen LogP contribution is -1.97. The van der Waals surface area contributed by atoms with Crippen molar-refractivity contribution < 1.29 is 4.92 Å². The fourth-order valence-corrected chi connectivity index (χ4v) is 1.21. The Kier molecular flexibility index (Phi) is 3.03. The summed E-state index contributed by atoms with van der Waals surface area (Å²) in [4.78, 5) is 9.83. The van der Waals surface area contributed by atoms with Crippen LogP contribution in [0.3, 0.4) is 0 Å². The first-order chi connectivity index (χ1) is 6.15. The lowest BCUT2D eigenvalue weighted by molar-refractivity contribution is -0.390. The predicted molar refractivity (Wildman–Crippen MR) is 50.0 cm³/mol. The molecule has 0 aliphatic heterocycles. The molecule has 0 spiro atoms. The van der Waals surface area contributed by atoms with E-state index in [2.05, 4.69) is 32.9 Å². The van der Waals surface area contributed by atoms with E-state index < -0.39 is 4.92 Å². The number of aromatic nitrogens is 2. The summed E-state index contributed by atoms with van der Waals surface area (Å²) >= 11 is 3.04. The van der Waals surface area contributed by atoms with E-state index in [1.807, 2.05) is 0 Å². The molecule has 0 N–H and O–H groups in total. The van der Waals surface area contributed by atoms with Gasteiger partial charge in [0.2, 0.25) is 0 Å². The first-order valence-electron chi connectivity index (χ1n) is 3.42. The highest BCUT2D eigenvalue weighted by molar-refractivity contribution is 9.10. The van der Waals surface area contributed by atoms with E-state index in [0.29, 0.717) is 11.0 Å². The molecule has 0 amide bonds. The summed E-state index contributed by atoms with van der Waals surface area (Å²) in [6.45, 7) is 2.07. The minimum Gasteiger partial charge on any atom is -0.358 e. The quantitative estimate of drug-likeness (QED) is 0.450. The van der Waals surface area contributed by atoms with Crippen molar-refractivity contribution in [3.63, 3.8) is 0 Å². The monoisotopic (exact) mass is 243 g/mol. The van der Waals surface area contributed by atoms with Gasteiger partial charge in [0.05, 0.1) is 11.3 Å². The van der Waals surface area contributed by atoms with Gasteiger partial charge in [0.25, 0.3) is 0 Å². The maximum Gasteiger partial charge on any atom is 0.404 e. The molecule has 5 nitrogen and oxygen atoms in total. The second-order valence-corrected chi connectivity index (χ2v) is 3.04. The van der Waals surface area contributed by atoms with Crippen LogP contribution in [-0.4, -0.2) is 14.7 Å². The Balaban J connectivity index is 2.93. The van der Waals surface area contributed by atoms with E-state index in [1.54, 1.807) is 6.92 Å². The van der Waals surface area contributed by atoms with Gasteiger partial charge in [0.1, 0.15) is 11.0 Å². The molecule has 6 heteroatoms. The molecule has 0 unspecified atom stereocenters. The Morgan fingerprint density at radius 3 is 3.00 bits per heavy atom. The maximum atomic E-state index is 10.4. The third-order valence-corrected chi connectivity index (χ3v) is 1.85. The summed E-state index contributed by atoms with van der Waals surface area (Å²) in [5, 5.41) is 14.1. The summed E-state index contributed by atoms with van der Waals surface area (Å²) in [6.07, 6.45) is 1.53. The van der Waals surface area contributed by atoms with Gasteiger partial charge in [-0.1, -0.05) is 5.92 Å². The predicted octanol–water partition coefficient (Wildman–Crippen LogP) is 1.58. The van der Waals surface area contributed by atoms with Crippen molar-refractivity contribution >= 4 is 21.7 Å². The average molecular weight is 244 g/mol. The minimum atomic E-state index is -0.542.